The van der Waals surface area contributed by atoms with Crippen molar-refractivity contribution in [1.29, 1.82) is 0 Å². The molecule has 3 aromatic rings. The van der Waals surface area contributed by atoms with Gasteiger partial charge in [0, 0.05) is 17.8 Å². The summed E-state index contributed by atoms with van der Waals surface area (Å²) in [6, 6.07) is 4.09. The van der Waals surface area contributed by atoms with Crippen LogP contribution in [0.4, 0.5) is 0 Å². The summed E-state index contributed by atoms with van der Waals surface area (Å²) in [6.07, 6.45) is 3.85. The Bertz CT molecular complexity index is 486. The smallest absolute Gasteiger partial charge is 0.0831 e. The highest BCUT2D eigenvalue weighted by molar-refractivity contribution is 7.18. The van der Waals surface area contributed by atoms with Gasteiger partial charge in [-0.2, -0.15) is 0 Å². The number of rotatable bonds is 0. The zero-order chi connectivity index (χ0) is 7.97. The molecule has 3 aromatic heterocycles. The van der Waals surface area contributed by atoms with E-state index in [1.807, 2.05) is 24.5 Å². The summed E-state index contributed by atoms with van der Waals surface area (Å²) in [6.45, 7) is 0. The molecule has 0 aliphatic rings. The second-order valence-corrected chi connectivity index (χ2v) is 3.62. The van der Waals surface area contributed by atoms with Crippen LogP contribution in [0.15, 0.2) is 29.9 Å². The van der Waals surface area contributed by atoms with Crippen molar-refractivity contribution in [3.05, 3.63) is 29.9 Å². The van der Waals surface area contributed by atoms with Crippen LogP contribution < -0.4 is 0 Å². The van der Waals surface area contributed by atoms with E-state index in [2.05, 4.69) is 15.3 Å². The molecule has 2 nitrogen and oxygen atoms in total. The lowest BCUT2D eigenvalue weighted by Crippen LogP contribution is -1.72. The molecule has 58 valence electrons. The summed E-state index contributed by atoms with van der Waals surface area (Å²) >= 11 is 1.73. The average molecular weight is 174 g/mol. The number of aromatic nitrogens is 2. The summed E-state index contributed by atoms with van der Waals surface area (Å²) in [5, 5.41) is 3.25. The van der Waals surface area contributed by atoms with Crippen LogP contribution in [0.25, 0.3) is 21.1 Å². The van der Waals surface area contributed by atoms with Crippen molar-refractivity contribution >= 4 is 32.5 Å². The number of fused-ring (bicyclic) bond motifs is 3. The van der Waals surface area contributed by atoms with E-state index < -0.39 is 0 Å². The predicted molar refractivity (Wildman–Crippen MR) is 51.5 cm³/mol. The summed E-state index contributed by atoms with van der Waals surface area (Å²) in [5.41, 5.74) is 2.28. The van der Waals surface area contributed by atoms with Crippen LogP contribution in [-0.2, 0) is 0 Å². The van der Waals surface area contributed by atoms with Crippen LogP contribution in [-0.4, -0.2) is 9.97 Å². The van der Waals surface area contributed by atoms with E-state index in [9.17, 15) is 0 Å². The second-order valence-electron chi connectivity index (χ2n) is 2.70. The number of aromatic amines is 1. The van der Waals surface area contributed by atoms with Gasteiger partial charge in [-0.25, -0.2) is 0 Å². The maximum atomic E-state index is 4.33. The number of hydrogen-bond donors (Lipinski definition) is 1. The van der Waals surface area contributed by atoms with Gasteiger partial charge in [-0.05, 0) is 17.5 Å². The van der Waals surface area contributed by atoms with Gasteiger partial charge in [-0.3, -0.25) is 4.98 Å². The fraction of sp³-hybridized carbons (Fsp3) is 0. The Morgan fingerprint density at radius 2 is 2.33 bits per heavy atom. The molecule has 0 spiro atoms. The van der Waals surface area contributed by atoms with Crippen LogP contribution in [0.3, 0.4) is 0 Å². The summed E-state index contributed by atoms with van der Waals surface area (Å²) in [5.74, 6) is 0. The standard InChI is InChI=1S/C9H6N2S/c1-3-10-8-6(1)5-11-7-2-4-12-9(7)8/h1-5,10H. The first-order chi connectivity index (χ1) is 5.95. The summed E-state index contributed by atoms with van der Waals surface area (Å²) in [7, 11) is 0. The first-order valence-corrected chi connectivity index (χ1v) is 4.62. The zero-order valence-corrected chi connectivity index (χ0v) is 7.06. The van der Waals surface area contributed by atoms with Crippen LogP contribution in [0, 0.1) is 0 Å². The number of thiophene rings is 1. The highest BCUT2D eigenvalue weighted by Gasteiger charge is 2.01. The Hall–Kier alpha value is -1.35. The molecule has 0 radical (unpaired) electrons. The fourth-order valence-corrected chi connectivity index (χ4v) is 2.29. The van der Waals surface area contributed by atoms with Crippen molar-refractivity contribution in [2.75, 3.05) is 0 Å². The van der Waals surface area contributed by atoms with E-state index in [1.54, 1.807) is 11.3 Å². The van der Waals surface area contributed by atoms with Crippen molar-refractivity contribution in [2.24, 2.45) is 0 Å². The number of H-pyrrole nitrogens is 1. The van der Waals surface area contributed by atoms with E-state index in [-0.39, 0.29) is 0 Å². The molecule has 0 aliphatic heterocycles. The van der Waals surface area contributed by atoms with Crippen molar-refractivity contribution in [3.63, 3.8) is 0 Å². The Labute approximate surface area is 72.9 Å². The molecule has 0 aromatic carbocycles. The van der Waals surface area contributed by atoms with E-state index in [0.717, 1.165) is 5.52 Å². The molecule has 0 saturated heterocycles. The normalized spacial score (nSPS) is 11.3. The minimum Gasteiger partial charge on any atom is -0.360 e. The quantitative estimate of drug-likeness (QED) is 0.557. The first kappa shape index (κ1) is 6.20. The molecule has 0 amide bonds. The molecule has 0 atom stereocenters. The lowest BCUT2D eigenvalue weighted by atomic mass is 10.3. The fourth-order valence-electron chi connectivity index (χ4n) is 1.42. The van der Waals surface area contributed by atoms with Crippen LogP contribution >= 0.6 is 11.3 Å². The van der Waals surface area contributed by atoms with Crippen LogP contribution in [0.2, 0.25) is 0 Å². The third kappa shape index (κ3) is 0.662. The van der Waals surface area contributed by atoms with Gasteiger partial charge < -0.3 is 4.98 Å². The maximum Gasteiger partial charge on any atom is 0.0831 e. The van der Waals surface area contributed by atoms with Gasteiger partial charge in [0.25, 0.3) is 0 Å². The third-order valence-electron chi connectivity index (χ3n) is 1.99. The number of nitrogens with zero attached hydrogens (tertiary/aromatic N) is 1. The van der Waals surface area contributed by atoms with E-state index in [0.29, 0.717) is 0 Å². The van der Waals surface area contributed by atoms with Crippen molar-refractivity contribution < 1.29 is 0 Å². The predicted octanol–water partition coefficient (Wildman–Crippen LogP) is 2.78. The zero-order valence-electron chi connectivity index (χ0n) is 6.24. The number of hydrogen-bond acceptors (Lipinski definition) is 2. The highest BCUT2D eigenvalue weighted by atomic mass is 32.1. The Morgan fingerprint density at radius 1 is 1.33 bits per heavy atom. The second kappa shape index (κ2) is 2.08. The van der Waals surface area contributed by atoms with Gasteiger partial charge in [-0.15, -0.1) is 11.3 Å². The lowest BCUT2D eigenvalue weighted by molar-refractivity contribution is 1.45. The molecular formula is C9H6N2S. The topological polar surface area (TPSA) is 28.7 Å². The molecule has 0 bridgehead atoms. The van der Waals surface area contributed by atoms with Gasteiger partial charge in [0.2, 0.25) is 0 Å². The van der Waals surface area contributed by atoms with Gasteiger partial charge in [0.15, 0.2) is 0 Å². The molecule has 0 unspecified atom stereocenters. The Kier molecular flexibility index (Phi) is 1.07. The van der Waals surface area contributed by atoms with Gasteiger partial charge in [0.05, 0.1) is 15.7 Å². The number of nitrogens with one attached hydrogen (secondary N) is 1. The maximum absolute atomic E-state index is 4.33. The van der Waals surface area contributed by atoms with E-state index in [4.69, 9.17) is 0 Å². The Balaban J connectivity index is 2.71. The van der Waals surface area contributed by atoms with E-state index in [1.165, 1.54) is 15.6 Å². The largest absolute Gasteiger partial charge is 0.360 e. The lowest BCUT2D eigenvalue weighted by Gasteiger charge is -1.90. The molecule has 1 N–H and O–H groups in total. The van der Waals surface area contributed by atoms with Crippen LogP contribution in [0.1, 0.15) is 0 Å². The van der Waals surface area contributed by atoms with Crippen molar-refractivity contribution in [1.82, 2.24) is 9.97 Å². The molecular weight excluding hydrogens is 168 g/mol. The molecule has 12 heavy (non-hydrogen) atoms. The SMILES string of the molecule is c1cc2cnc3ccsc3c2[nH]1. The monoisotopic (exact) mass is 174 g/mol. The summed E-state index contributed by atoms with van der Waals surface area (Å²) < 4.78 is 1.25. The molecule has 0 aliphatic carbocycles. The molecule has 3 heteroatoms. The highest BCUT2D eigenvalue weighted by Crippen LogP contribution is 2.26. The van der Waals surface area contributed by atoms with Crippen LogP contribution in [0.5, 0.6) is 0 Å². The molecule has 3 heterocycles. The van der Waals surface area contributed by atoms with Gasteiger partial charge in [0.1, 0.15) is 0 Å². The molecule has 3 rings (SSSR count). The van der Waals surface area contributed by atoms with Gasteiger partial charge in [-0.1, -0.05) is 0 Å². The minimum absolute atomic E-state index is 1.08. The average Bonchev–Trinajstić information content (AvgIpc) is 2.71. The van der Waals surface area contributed by atoms with Crippen molar-refractivity contribution in [3.8, 4) is 0 Å². The van der Waals surface area contributed by atoms with Gasteiger partial charge >= 0.3 is 0 Å². The minimum atomic E-state index is 1.08. The third-order valence-corrected chi connectivity index (χ3v) is 2.91. The number of pyridine rings is 1. The van der Waals surface area contributed by atoms with Crippen molar-refractivity contribution in [2.45, 2.75) is 0 Å². The van der Waals surface area contributed by atoms with E-state index >= 15 is 0 Å². The molecule has 0 fully saturated rings. The summed E-state index contributed by atoms with van der Waals surface area (Å²) in [4.78, 5) is 7.55. The Morgan fingerprint density at radius 3 is 3.33 bits per heavy atom. The first-order valence-electron chi connectivity index (χ1n) is 3.74. The molecule has 0 saturated carbocycles.